The molecule has 0 unspecified atom stereocenters. The number of rotatable bonds is 6. The molecule has 0 bridgehead atoms. The zero-order valence-electron chi connectivity index (χ0n) is 14.1. The van der Waals surface area contributed by atoms with Crippen LogP contribution >= 0.6 is 0 Å². The Balaban J connectivity index is 2.32. The van der Waals surface area contributed by atoms with E-state index >= 15 is 0 Å². The van der Waals surface area contributed by atoms with Crippen molar-refractivity contribution in [1.82, 2.24) is 4.90 Å². The number of benzene rings is 1. The number of likely N-dealkylation sites (N-methyl/N-ethyl adjacent to an activating group) is 1. The lowest BCUT2D eigenvalue weighted by atomic mass is 9.77. The minimum absolute atomic E-state index is 0.0159. The van der Waals surface area contributed by atoms with E-state index in [1.54, 1.807) is 19.1 Å². The molecule has 1 aromatic rings. The number of nitrogens with zero attached hydrogens (tertiary/aromatic N) is 1. The highest BCUT2D eigenvalue weighted by Gasteiger charge is 2.44. The maximum absolute atomic E-state index is 13.1. The van der Waals surface area contributed by atoms with Crippen LogP contribution in [0.15, 0.2) is 18.2 Å². The van der Waals surface area contributed by atoms with Crippen molar-refractivity contribution in [3.8, 4) is 5.75 Å². The van der Waals surface area contributed by atoms with Crippen LogP contribution in [0.4, 0.5) is 0 Å². The van der Waals surface area contributed by atoms with E-state index in [9.17, 15) is 9.59 Å². The maximum atomic E-state index is 13.1. The van der Waals surface area contributed by atoms with E-state index in [0.717, 1.165) is 42.6 Å². The van der Waals surface area contributed by atoms with Crippen LogP contribution in [0.3, 0.4) is 0 Å². The molecule has 23 heavy (non-hydrogen) atoms. The highest BCUT2D eigenvalue weighted by Crippen LogP contribution is 2.43. The number of carboxylic acid groups (broad SMARTS) is 1. The van der Waals surface area contributed by atoms with Crippen LogP contribution in [-0.4, -0.2) is 42.6 Å². The summed E-state index contributed by atoms with van der Waals surface area (Å²) in [4.78, 5) is 25.4. The maximum Gasteiger partial charge on any atom is 0.305 e. The predicted octanol–water partition coefficient (Wildman–Crippen LogP) is 2.75. The van der Waals surface area contributed by atoms with E-state index in [-0.39, 0.29) is 18.9 Å². The third-order valence-corrected chi connectivity index (χ3v) is 4.83. The van der Waals surface area contributed by atoms with Crippen molar-refractivity contribution >= 4 is 11.9 Å². The Morgan fingerprint density at radius 2 is 1.96 bits per heavy atom. The third-order valence-electron chi connectivity index (χ3n) is 4.83. The van der Waals surface area contributed by atoms with Crippen LogP contribution < -0.4 is 4.74 Å². The van der Waals surface area contributed by atoms with Crippen LogP contribution in [-0.2, 0) is 15.0 Å². The molecule has 0 saturated heterocycles. The van der Waals surface area contributed by atoms with Gasteiger partial charge in [-0.2, -0.15) is 0 Å². The first kappa shape index (κ1) is 17.3. The number of carbonyl (C=O) groups excluding carboxylic acids is 1. The molecular weight excluding hydrogens is 294 g/mol. The number of methoxy groups -OCH3 is 1. The van der Waals surface area contributed by atoms with Gasteiger partial charge in [-0.15, -0.1) is 0 Å². The highest BCUT2D eigenvalue weighted by atomic mass is 16.5. The summed E-state index contributed by atoms with van der Waals surface area (Å²) >= 11 is 0. The number of amides is 1. The fourth-order valence-electron chi connectivity index (χ4n) is 3.45. The summed E-state index contributed by atoms with van der Waals surface area (Å²) in [5, 5.41) is 8.84. The van der Waals surface area contributed by atoms with E-state index < -0.39 is 11.4 Å². The molecule has 2 rings (SSSR count). The van der Waals surface area contributed by atoms with Gasteiger partial charge in [-0.05, 0) is 37.0 Å². The topological polar surface area (TPSA) is 66.8 Å². The zero-order valence-corrected chi connectivity index (χ0v) is 14.1. The van der Waals surface area contributed by atoms with Crippen molar-refractivity contribution in [2.75, 3.05) is 20.7 Å². The molecule has 1 N–H and O–H groups in total. The summed E-state index contributed by atoms with van der Waals surface area (Å²) in [5.74, 6) is -0.0842. The van der Waals surface area contributed by atoms with Gasteiger partial charge in [0.2, 0.25) is 5.91 Å². The van der Waals surface area contributed by atoms with E-state index in [1.807, 2.05) is 25.1 Å². The summed E-state index contributed by atoms with van der Waals surface area (Å²) in [6.45, 7) is 2.21. The minimum Gasteiger partial charge on any atom is -0.496 e. The lowest BCUT2D eigenvalue weighted by Gasteiger charge is -2.33. The second kappa shape index (κ2) is 7.02. The van der Waals surface area contributed by atoms with Crippen LogP contribution in [0.25, 0.3) is 0 Å². The SMILES string of the molecule is COc1cc(C2(C(=O)N(C)CCC(=O)O)CCCC2)ccc1C. The molecular formula is C18H25NO4. The molecule has 1 aliphatic carbocycles. The van der Waals surface area contributed by atoms with E-state index in [0.29, 0.717) is 0 Å². The van der Waals surface area contributed by atoms with Gasteiger partial charge >= 0.3 is 5.97 Å². The van der Waals surface area contributed by atoms with Gasteiger partial charge in [0.25, 0.3) is 0 Å². The molecule has 1 fully saturated rings. The fraction of sp³-hybridized carbons (Fsp3) is 0.556. The zero-order chi connectivity index (χ0) is 17.0. The monoisotopic (exact) mass is 319 g/mol. The summed E-state index contributed by atoms with van der Waals surface area (Å²) in [6.07, 6.45) is 3.59. The van der Waals surface area contributed by atoms with Gasteiger partial charge in [0, 0.05) is 13.6 Å². The van der Waals surface area contributed by atoms with Crippen molar-refractivity contribution in [3.05, 3.63) is 29.3 Å². The van der Waals surface area contributed by atoms with Crippen molar-refractivity contribution in [2.45, 2.75) is 44.4 Å². The summed E-state index contributed by atoms with van der Waals surface area (Å²) in [7, 11) is 3.32. The van der Waals surface area contributed by atoms with E-state index in [4.69, 9.17) is 9.84 Å². The number of ether oxygens (including phenoxy) is 1. The largest absolute Gasteiger partial charge is 0.496 e. The normalized spacial score (nSPS) is 16.1. The molecule has 0 spiro atoms. The number of carboxylic acids is 1. The number of hydrogen-bond acceptors (Lipinski definition) is 3. The average Bonchev–Trinajstić information content (AvgIpc) is 3.03. The lowest BCUT2D eigenvalue weighted by molar-refractivity contribution is -0.139. The molecule has 1 amide bonds. The van der Waals surface area contributed by atoms with Gasteiger partial charge < -0.3 is 14.7 Å². The van der Waals surface area contributed by atoms with Crippen LogP contribution in [0.1, 0.15) is 43.2 Å². The van der Waals surface area contributed by atoms with Crippen molar-refractivity contribution in [3.63, 3.8) is 0 Å². The first-order chi connectivity index (χ1) is 10.9. The fourth-order valence-corrected chi connectivity index (χ4v) is 3.45. The Labute approximate surface area is 137 Å². The molecule has 0 aliphatic heterocycles. The second-order valence-electron chi connectivity index (χ2n) is 6.34. The van der Waals surface area contributed by atoms with Crippen LogP contribution in [0.2, 0.25) is 0 Å². The van der Waals surface area contributed by atoms with Crippen LogP contribution in [0.5, 0.6) is 5.75 Å². The molecule has 126 valence electrons. The smallest absolute Gasteiger partial charge is 0.305 e. The Kier molecular flexibility index (Phi) is 5.29. The number of hydrogen-bond donors (Lipinski definition) is 1. The Bertz CT molecular complexity index is 591. The number of aryl methyl sites for hydroxylation is 1. The molecule has 5 nitrogen and oxygen atoms in total. The van der Waals surface area contributed by atoms with E-state index in [2.05, 4.69) is 0 Å². The molecule has 0 aromatic heterocycles. The standard InChI is InChI=1S/C18H25NO4/c1-13-6-7-14(12-15(13)23-3)18(9-4-5-10-18)17(22)19(2)11-8-16(20)21/h6-7,12H,4-5,8-11H2,1-3H3,(H,20,21). The first-order valence-electron chi connectivity index (χ1n) is 8.03. The first-order valence-corrected chi connectivity index (χ1v) is 8.03. The van der Waals surface area contributed by atoms with Crippen LogP contribution in [0, 0.1) is 6.92 Å². The summed E-state index contributed by atoms with van der Waals surface area (Å²) < 4.78 is 5.41. The number of carbonyl (C=O) groups is 2. The molecule has 5 heteroatoms. The second-order valence-corrected chi connectivity index (χ2v) is 6.34. The molecule has 0 heterocycles. The molecule has 0 radical (unpaired) electrons. The Hall–Kier alpha value is -2.04. The van der Waals surface area contributed by atoms with Crippen molar-refractivity contribution < 1.29 is 19.4 Å². The van der Waals surface area contributed by atoms with Gasteiger partial charge in [0.1, 0.15) is 5.75 Å². The van der Waals surface area contributed by atoms with Gasteiger partial charge in [-0.3, -0.25) is 9.59 Å². The Morgan fingerprint density at radius 3 is 2.52 bits per heavy atom. The van der Waals surface area contributed by atoms with Gasteiger partial charge in [-0.1, -0.05) is 25.0 Å². The van der Waals surface area contributed by atoms with Crippen molar-refractivity contribution in [1.29, 1.82) is 0 Å². The quantitative estimate of drug-likeness (QED) is 0.875. The van der Waals surface area contributed by atoms with E-state index in [1.165, 1.54) is 0 Å². The molecule has 1 saturated carbocycles. The highest BCUT2D eigenvalue weighted by molar-refractivity contribution is 5.89. The lowest BCUT2D eigenvalue weighted by Crippen LogP contribution is -2.44. The molecule has 0 atom stereocenters. The summed E-state index contributed by atoms with van der Waals surface area (Å²) in [5.41, 5.74) is 1.47. The average molecular weight is 319 g/mol. The molecule has 1 aliphatic rings. The van der Waals surface area contributed by atoms with Gasteiger partial charge in [0.15, 0.2) is 0 Å². The predicted molar refractivity (Wildman–Crippen MR) is 87.8 cm³/mol. The van der Waals surface area contributed by atoms with Gasteiger partial charge in [0.05, 0.1) is 18.9 Å². The van der Waals surface area contributed by atoms with Gasteiger partial charge in [-0.25, -0.2) is 0 Å². The van der Waals surface area contributed by atoms with Crippen molar-refractivity contribution in [2.24, 2.45) is 0 Å². The Morgan fingerprint density at radius 1 is 1.30 bits per heavy atom. The molecule has 1 aromatic carbocycles. The third kappa shape index (κ3) is 3.49. The minimum atomic E-state index is -0.887. The number of aliphatic carboxylic acids is 1. The summed E-state index contributed by atoms with van der Waals surface area (Å²) in [6, 6.07) is 5.95.